The zero-order chi connectivity index (χ0) is 32.4. The Labute approximate surface area is 267 Å². The van der Waals surface area contributed by atoms with Gasteiger partial charge in [-0.2, -0.15) is 0 Å². The molecule has 0 atom stereocenters. The topological polar surface area (TPSA) is 176 Å². The van der Waals surface area contributed by atoms with Crippen LogP contribution in [-0.4, -0.2) is 76.8 Å². The largest absolute Gasteiger partial charge is 0.508 e. The summed E-state index contributed by atoms with van der Waals surface area (Å²) in [6.07, 6.45) is 2.35. The average molecular weight is 645 g/mol. The van der Waals surface area contributed by atoms with Gasteiger partial charge in [-0.15, -0.1) is 0 Å². The van der Waals surface area contributed by atoms with Crippen molar-refractivity contribution in [1.82, 2.24) is 15.5 Å². The molecular weight excluding hydrogens is 616 g/mol. The molecule has 0 saturated heterocycles. The first-order chi connectivity index (χ1) is 22.2. The molecule has 3 heterocycles. The van der Waals surface area contributed by atoms with Gasteiger partial charge in [0.2, 0.25) is 5.91 Å². The molecule has 0 aliphatic carbocycles. The number of hydrogen-bond donors (Lipinski definition) is 5. The molecule has 3 aliphatic heterocycles. The lowest BCUT2D eigenvalue weighted by molar-refractivity contribution is -0.137. The van der Waals surface area contributed by atoms with Gasteiger partial charge in [0.25, 0.3) is 11.8 Å². The SMILES string of the molecule is O=C(CCN1C(=O)C=CC1=O)NCCOCCNC(=S)Nc1ccc2c(c1)C1(OC2=O)c2ccc(O)cc2Oc2cc(O)ccc21. The smallest absolute Gasteiger partial charge is 0.340 e. The van der Waals surface area contributed by atoms with E-state index in [-0.39, 0.29) is 55.0 Å². The van der Waals surface area contributed by atoms with Gasteiger partial charge < -0.3 is 40.4 Å². The maximum Gasteiger partial charge on any atom is 0.340 e. The summed E-state index contributed by atoms with van der Waals surface area (Å²) < 4.78 is 17.6. The van der Waals surface area contributed by atoms with E-state index in [0.29, 0.717) is 46.2 Å². The molecule has 0 saturated carbocycles. The molecule has 3 amide bonds. The Morgan fingerprint density at radius 1 is 0.848 bits per heavy atom. The third-order valence-corrected chi connectivity index (χ3v) is 7.84. The van der Waals surface area contributed by atoms with E-state index in [1.807, 2.05) is 0 Å². The summed E-state index contributed by atoms with van der Waals surface area (Å²) in [7, 11) is 0. The highest BCUT2D eigenvalue weighted by Crippen LogP contribution is 2.57. The molecule has 3 aromatic carbocycles. The first-order valence-electron chi connectivity index (χ1n) is 14.3. The van der Waals surface area contributed by atoms with Crippen LogP contribution < -0.4 is 20.7 Å². The quantitative estimate of drug-likeness (QED) is 0.0945. The molecule has 6 rings (SSSR count). The maximum absolute atomic E-state index is 13.1. The molecule has 3 aromatic rings. The zero-order valence-electron chi connectivity index (χ0n) is 24.2. The molecule has 14 heteroatoms. The van der Waals surface area contributed by atoms with Crippen LogP contribution in [0.5, 0.6) is 23.0 Å². The Bertz CT molecular complexity index is 1740. The molecule has 0 fully saturated rings. The van der Waals surface area contributed by atoms with Crippen molar-refractivity contribution in [3.8, 4) is 23.0 Å². The molecular formula is C32H28N4O9S. The van der Waals surface area contributed by atoms with Crippen molar-refractivity contribution in [2.45, 2.75) is 12.0 Å². The third-order valence-electron chi connectivity index (χ3n) is 7.59. The molecule has 0 radical (unpaired) electrons. The summed E-state index contributed by atoms with van der Waals surface area (Å²) in [5.41, 5.74) is 1.09. The lowest BCUT2D eigenvalue weighted by Gasteiger charge is -2.36. The second-order valence-electron chi connectivity index (χ2n) is 10.5. The monoisotopic (exact) mass is 644 g/mol. The molecule has 0 bridgehead atoms. The van der Waals surface area contributed by atoms with E-state index < -0.39 is 23.4 Å². The summed E-state index contributed by atoms with van der Waals surface area (Å²) in [5, 5.41) is 29.4. The number of phenolic OH excluding ortho intramolecular Hbond substituents is 2. The van der Waals surface area contributed by atoms with Gasteiger partial charge in [0.15, 0.2) is 10.7 Å². The molecule has 3 aliphatic rings. The molecule has 5 N–H and O–H groups in total. The van der Waals surface area contributed by atoms with Crippen molar-refractivity contribution in [3.05, 3.63) is 89.0 Å². The van der Waals surface area contributed by atoms with Gasteiger partial charge in [0.05, 0.1) is 18.8 Å². The molecule has 13 nitrogen and oxygen atoms in total. The van der Waals surface area contributed by atoms with Gasteiger partial charge in [-0.05, 0) is 54.7 Å². The number of ether oxygens (including phenoxy) is 3. The van der Waals surface area contributed by atoms with Gasteiger partial charge in [0.1, 0.15) is 23.0 Å². The molecule has 0 unspecified atom stereocenters. The Morgan fingerprint density at radius 2 is 1.48 bits per heavy atom. The van der Waals surface area contributed by atoms with Crippen molar-refractivity contribution >= 4 is 46.7 Å². The fourth-order valence-corrected chi connectivity index (χ4v) is 5.73. The summed E-state index contributed by atoms with van der Waals surface area (Å²) in [6.45, 7) is 1.19. The summed E-state index contributed by atoms with van der Waals surface area (Å²) in [6, 6.07) is 14.2. The maximum atomic E-state index is 13.1. The lowest BCUT2D eigenvalue weighted by atomic mass is 9.77. The number of thiocarbonyl (C=S) groups is 1. The predicted octanol–water partition coefficient (Wildman–Crippen LogP) is 2.40. The zero-order valence-corrected chi connectivity index (χ0v) is 25.0. The van der Waals surface area contributed by atoms with Crippen LogP contribution in [0, 0.1) is 0 Å². The first-order valence-corrected chi connectivity index (χ1v) is 14.7. The second-order valence-corrected chi connectivity index (χ2v) is 11.0. The van der Waals surface area contributed by atoms with Crippen LogP contribution in [0.15, 0.2) is 66.7 Å². The van der Waals surface area contributed by atoms with Crippen LogP contribution >= 0.6 is 12.2 Å². The van der Waals surface area contributed by atoms with Gasteiger partial charge in [0, 0.05) is 72.7 Å². The average Bonchev–Trinajstić information content (AvgIpc) is 3.49. The summed E-state index contributed by atoms with van der Waals surface area (Å²) >= 11 is 5.45. The van der Waals surface area contributed by atoms with E-state index in [0.717, 1.165) is 4.90 Å². The first kappa shape index (κ1) is 30.6. The van der Waals surface area contributed by atoms with Crippen molar-refractivity contribution in [2.24, 2.45) is 0 Å². The number of rotatable bonds is 10. The number of phenols is 2. The number of aromatic hydroxyl groups is 2. The highest BCUT2D eigenvalue weighted by molar-refractivity contribution is 7.80. The van der Waals surface area contributed by atoms with Crippen molar-refractivity contribution in [2.75, 3.05) is 38.2 Å². The number of nitrogens with one attached hydrogen (secondary N) is 3. The molecule has 46 heavy (non-hydrogen) atoms. The van der Waals surface area contributed by atoms with Gasteiger partial charge in [-0.3, -0.25) is 19.3 Å². The van der Waals surface area contributed by atoms with Gasteiger partial charge in [-0.25, -0.2) is 4.79 Å². The number of hydrogen-bond acceptors (Lipinski definition) is 10. The molecule has 1 spiro atoms. The van der Waals surface area contributed by atoms with Crippen molar-refractivity contribution < 1.29 is 43.6 Å². The predicted molar refractivity (Wildman–Crippen MR) is 167 cm³/mol. The van der Waals surface area contributed by atoms with E-state index in [2.05, 4.69) is 16.0 Å². The number of benzene rings is 3. The van der Waals surface area contributed by atoms with Crippen LogP contribution in [0.3, 0.4) is 0 Å². The van der Waals surface area contributed by atoms with E-state index in [1.165, 1.54) is 36.4 Å². The standard InChI is InChI=1S/C32H28N4O9S/c37-19-2-5-22-25(16-19)44-26-17-20(38)3-6-23(26)32(22)24-15-18(1-4-21(24)30(42)45-32)35-31(46)34-11-14-43-13-10-33-27(39)9-12-36-28(40)7-8-29(36)41/h1-8,15-17,37-38H,9-14H2,(H,33,39)(H2,34,35,46). The minimum absolute atomic E-state index is 0.00470. The molecule has 0 aromatic heterocycles. The Kier molecular flexibility index (Phi) is 8.30. The van der Waals surface area contributed by atoms with E-state index in [9.17, 15) is 29.4 Å². The van der Waals surface area contributed by atoms with Gasteiger partial charge in [-0.1, -0.05) is 0 Å². The highest BCUT2D eigenvalue weighted by Gasteiger charge is 2.53. The number of fused-ring (bicyclic) bond motifs is 6. The van der Waals surface area contributed by atoms with Crippen molar-refractivity contribution in [3.63, 3.8) is 0 Å². The Morgan fingerprint density at radius 3 is 2.13 bits per heavy atom. The van der Waals surface area contributed by atoms with E-state index >= 15 is 0 Å². The Hall–Kier alpha value is -5.47. The summed E-state index contributed by atoms with van der Waals surface area (Å²) in [4.78, 5) is 49.2. The number of carbonyl (C=O) groups is 4. The number of amides is 3. The normalized spacial score (nSPS) is 15.1. The van der Waals surface area contributed by atoms with Crippen LogP contribution in [-0.2, 0) is 29.5 Å². The Balaban J connectivity index is 1.04. The fourth-order valence-electron chi connectivity index (χ4n) is 5.51. The van der Waals surface area contributed by atoms with E-state index in [4.69, 9.17) is 26.4 Å². The fraction of sp³-hybridized carbons (Fsp3) is 0.219. The van der Waals surface area contributed by atoms with Crippen LogP contribution in [0.25, 0.3) is 0 Å². The summed E-state index contributed by atoms with van der Waals surface area (Å²) in [5.74, 6) is -1.20. The molecule has 236 valence electrons. The highest BCUT2D eigenvalue weighted by atomic mass is 32.1. The minimum Gasteiger partial charge on any atom is -0.508 e. The van der Waals surface area contributed by atoms with E-state index in [1.54, 1.807) is 30.3 Å². The second kappa shape index (κ2) is 12.5. The number of nitrogens with zero attached hydrogens (tertiary/aromatic N) is 1. The lowest BCUT2D eigenvalue weighted by Crippen LogP contribution is -2.36. The van der Waals surface area contributed by atoms with Crippen LogP contribution in [0.2, 0.25) is 0 Å². The van der Waals surface area contributed by atoms with Crippen molar-refractivity contribution in [1.29, 1.82) is 0 Å². The third kappa shape index (κ3) is 5.82. The van der Waals surface area contributed by atoms with Gasteiger partial charge >= 0.3 is 5.97 Å². The minimum atomic E-state index is -1.40. The van der Waals surface area contributed by atoms with Crippen LogP contribution in [0.1, 0.15) is 33.5 Å². The number of carbonyl (C=O) groups excluding carboxylic acids is 4. The van der Waals surface area contributed by atoms with Crippen LogP contribution in [0.4, 0.5) is 5.69 Å². The number of esters is 1. The number of anilines is 1. The number of imide groups is 1.